The standard InChI is InChI=1S/C26H35NO/c1-21-16-17-27(18-22-8-4-2-5-9-22)19-25(21)20-28-26-14-12-24(13-15-26)23-10-6-3-7-11-23/h2-11,21,24-26H,12-20H2,1H3/t21?,24?,25-,26?/m0/s1. The van der Waals surface area contributed by atoms with E-state index in [2.05, 4.69) is 72.5 Å². The molecule has 1 unspecified atom stereocenters. The summed E-state index contributed by atoms with van der Waals surface area (Å²) in [6.07, 6.45) is 6.74. The van der Waals surface area contributed by atoms with E-state index in [1.807, 2.05) is 0 Å². The summed E-state index contributed by atoms with van der Waals surface area (Å²) in [7, 11) is 0. The van der Waals surface area contributed by atoms with Gasteiger partial charge in [-0.05, 0) is 67.5 Å². The van der Waals surface area contributed by atoms with Crippen molar-refractivity contribution in [2.45, 2.75) is 57.6 Å². The van der Waals surface area contributed by atoms with Crippen molar-refractivity contribution in [2.24, 2.45) is 11.8 Å². The van der Waals surface area contributed by atoms with Gasteiger partial charge in [-0.3, -0.25) is 4.90 Å². The summed E-state index contributed by atoms with van der Waals surface area (Å²) in [6.45, 7) is 6.82. The SMILES string of the molecule is CC1CCN(Cc2ccccc2)C[C@H]1COC1CCC(c2ccccc2)CC1. The molecule has 1 aliphatic heterocycles. The Kier molecular flexibility index (Phi) is 6.82. The zero-order valence-corrected chi connectivity index (χ0v) is 17.3. The van der Waals surface area contributed by atoms with E-state index in [1.165, 1.54) is 56.3 Å². The van der Waals surface area contributed by atoms with Crippen LogP contribution < -0.4 is 0 Å². The average Bonchev–Trinajstić information content (AvgIpc) is 2.76. The molecule has 2 atom stereocenters. The Balaban J connectivity index is 1.23. The van der Waals surface area contributed by atoms with Crippen molar-refractivity contribution in [1.29, 1.82) is 0 Å². The highest BCUT2D eigenvalue weighted by Gasteiger charge is 2.28. The fourth-order valence-corrected chi connectivity index (χ4v) is 4.97. The topological polar surface area (TPSA) is 12.5 Å². The van der Waals surface area contributed by atoms with E-state index in [1.54, 1.807) is 0 Å². The highest BCUT2D eigenvalue weighted by Crippen LogP contribution is 2.34. The van der Waals surface area contributed by atoms with E-state index >= 15 is 0 Å². The van der Waals surface area contributed by atoms with Gasteiger partial charge in [0.15, 0.2) is 0 Å². The lowest BCUT2D eigenvalue weighted by atomic mass is 9.82. The lowest BCUT2D eigenvalue weighted by Crippen LogP contribution is -2.41. The first-order chi connectivity index (χ1) is 13.8. The molecule has 2 nitrogen and oxygen atoms in total. The van der Waals surface area contributed by atoms with Crippen molar-refractivity contribution in [1.82, 2.24) is 4.90 Å². The van der Waals surface area contributed by atoms with E-state index in [9.17, 15) is 0 Å². The number of rotatable bonds is 6. The highest BCUT2D eigenvalue weighted by molar-refractivity contribution is 5.20. The maximum atomic E-state index is 6.45. The largest absolute Gasteiger partial charge is 0.378 e. The minimum atomic E-state index is 0.469. The Hall–Kier alpha value is -1.64. The first-order valence-corrected chi connectivity index (χ1v) is 11.2. The van der Waals surface area contributed by atoms with Crippen LogP contribution in [0.25, 0.3) is 0 Å². The third-order valence-electron chi connectivity index (χ3n) is 6.94. The summed E-state index contributed by atoms with van der Waals surface area (Å²) < 4.78 is 6.45. The molecule has 2 fully saturated rings. The molecule has 1 saturated carbocycles. The number of hydrogen-bond acceptors (Lipinski definition) is 2. The minimum absolute atomic E-state index is 0.469. The van der Waals surface area contributed by atoms with Gasteiger partial charge in [0.1, 0.15) is 0 Å². The lowest BCUT2D eigenvalue weighted by Gasteiger charge is -2.38. The first-order valence-electron chi connectivity index (χ1n) is 11.2. The fourth-order valence-electron chi connectivity index (χ4n) is 4.97. The number of likely N-dealkylation sites (tertiary alicyclic amines) is 1. The maximum Gasteiger partial charge on any atom is 0.0575 e. The molecule has 0 spiro atoms. The molecule has 0 radical (unpaired) electrons. The number of piperidine rings is 1. The Morgan fingerprint density at radius 3 is 2.25 bits per heavy atom. The first kappa shape index (κ1) is 19.7. The van der Waals surface area contributed by atoms with Crippen LogP contribution in [-0.2, 0) is 11.3 Å². The van der Waals surface area contributed by atoms with E-state index in [4.69, 9.17) is 4.74 Å². The monoisotopic (exact) mass is 377 g/mol. The summed E-state index contributed by atoms with van der Waals surface area (Å²) in [5.41, 5.74) is 2.94. The third kappa shape index (κ3) is 5.24. The van der Waals surface area contributed by atoms with Gasteiger partial charge in [-0.25, -0.2) is 0 Å². The maximum absolute atomic E-state index is 6.45. The smallest absolute Gasteiger partial charge is 0.0575 e. The van der Waals surface area contributed by atoms with E-state index in [0.717, 1.165) is 25.0 Å². The van der Waals surface area contributed by atoms with E-state index in [0.29, 0.717) is 12.0 Å². The molecule has 0 N–H and O–H groups in total. The Morgan fingerprint density at radius 2 is 1.54 bits per heavy atom. The highest BCUT2D eigenvalue weighted by atomic mass is 16.5. The predicted molar refractivity (Wildman–Crippen MR) is 116 cm³/mol. The number of hydrogen-bond donors (Lipinski definition) is 0. The summed E-state index contributed by atoms with van der Waals surface area (Å²) in [4.78, 5) is 2.62. The van der Waals surface area contributed by atoms with E-state index in [-0.39, 0.29) is 0 Å². The van der Waals surface area contributed by atoms with Gasteiger partial charge in [-0.1, -0.05) is 67.6 Å². The summed E-state index contributed by atoms with van der Waals surface area (Å²) in [5.74, 6) is 2.17. The van der Waals surface area contributed by atoms with Crippen LogP contribution in [0.5, 0.6) is 0 Å². The summed E-state index contributed by atoms with van der Waals surface area (Å²) >= 11 is 0. The second-order valence-corrected chi connectivity index (χ2v) is 8.96. The van der Waals surface area contributed by atoms with Crippen molar-refractivity contribution in [2.75, 3.05) is 19.7 Å². The average molecular weight is 378 g/mol. The molecular formula is C26H35NO. The van der Waals surface area contributed by atoms with Crippen molar-refractivity contribution >= 4 is 0 Å². The molecule has 4 rings (SSSR count). The van der Waals surface area contributed by atoms with Gasteiger partial charge in [0, 0.05) is 13.1 Å². The van der Waals surface area contributed by atoms with Crippen LogP contribution in [0, 0.1) is 11.8 Å². The molecule has 1 heterocycles. The Labute approximate surface area is 170 Å². The van der Waals surface area contributed by atoms with Crippen molar-refractivity contribution in [3.63, 3.8) is 0 Å². The number of benzene rings is 2. The molecule has 0 bridgehead atoms. The second-order valence-electron chi connectivity index (χ2n) is 8.96. The third-order valence-corrected chi connectivity index (χ3v) is 6.94. The van der Waals surface area contributed by atoms with Gasteiger partial charge in [-0.2, -0.15) is 0 Å². The van der Waals surface area contributed by atoms with Crippen LogP contribution in [0.4, 0.5) is 0 Å². The van der Waals surface area contributed by atoms with Crippen LogP contribution in [-0.4, -0.2) is 30.7 Å². The van der Waals surface area contributed by atoms with Gasteiger partial charge in [-0.15, -0.1) is 0 Å². The van der Waals surface area contributed by atoms with Crippen LogP contribution >= 0.6 is 0 Å². The fraction of sp³-hybridized carbons (Fsp3) is 0.538. The Bertz CT molecular complexity index is 693. The molecule has 1 aliphatic carbocycles. The molecule has 2 aromatic rings. The van der Waals surface area contributed by atoms with Crippen LogP contribution in [0.1, 0.15) is 56.1 Å². The normalized spacial score (nSPS) is 28.9. The zero-order chi connectivity index (χ0) is 19.2. The molecule has 2 aliphatic rings. The predicted octanol–water partition coefficient (Wildman–Crippen LogP) is 5.89. The molecule has 0 aromatic heterocycles. The van der Waals surface area contributed by atoms with Crippen molar-refractivity contribution in [3.05, 3.63) is 71.8 Å². The summed E-state index contributed by atoms with van der Waals surface area (Å²) in [5, 5.41) is 0. The number of nitrogens with zero attached hydrogens (tertiary/aromatic N) is 1. The molecule has 2 heteroatoms. The molecule has 28 heavy (non-hydrogen) atoms. The van der Waals surface area contributed by atoms with Gasteiger partial charge < -0.3 is 4.74 Å². The second kappa shape index (κ2) is 9.71. The lowest BCUT2D eigenvalue weighted by molar-refractivity contribution is -0.0250. The molecule has 1 saturated heterocycles. The van der Waals surface area contributed by atoms with Gasteiger partial charge in [0.25, 0.3) is 0 Å². The van der Waals surface area contributed by atoms with Crippen molar-refractivity contribution in [3.8, 4) is 0 Å². The van der Waals surface area contributed by atoms with Crippen LogP contribution in [0.3, 0.4) is 0 Å². The summed E-state index contributed by atoms with van der Waals surface area (Å²) in [6, 6.07) is 21.9. The van der Waals surface area contributed by atoms with Gasteiger partial charge in [0.05, 0.1) is 12.7 Å². The molecule has 0 amide bonds. The van der Waals surface area contributed by atoms with Crippen molar-refractivity contribution < 1.29 is 4.74 Å². The molecular weight excluding hydrogens is 342 g/mol. The number of ether oxygens (including phenoxy) is 1. The van der Waals surface area contributed by atoms with Crippen LogP contribution in [0.2, 0.25) is 0 Å². The minimum Gasteiger partial charge on any atom is -0.378 e. The Morgan fingerprint density at radius 1 is 0.857 bits per heavy atom. The quantitative estimate of drug-likeness (QED) is 0.622. The zero-order valence-electron chi connectivity index (χ0n) is 17.3. The molecule has 2 aromatic carbocycles. The van der Waals surface area contributed by atoms with Crippen LogP contribution in [0.15, 0.2) is 60.7 Å². The van der Waals surface area contributed by atoms with Gasteiger partial charge in [0.2, 0.25) is 0 Å². The molecule has 150 valence electrons. The van der Waals surface area contributed by atoms with Gasteiger partial charge >= 0.3 is 0 Å². The van der Waals surface area contributed by atoms with E-state index < -0.39 is 0 Å².